The highest BCUT2D eigenvalue weighted by Crippen LogP contribution is 2.28. The Morgan fingerprint density at radius 2 is 1.95 bits per heavy atom. The van der Waals surface area contributed by atoms with Crippen LogP contribution in [0.2, 0.25) is 0 Å². The van der Waals surface area contributed by atoms with E-state index in [1.165, 1.54) is 0 Å². The Kier molecular flexibility index (Phi) is 3.56. The number of benzene rings is 1. The van der Waals surface area contributed by atoms with E-state index < -0.39 is 0 Å². The topological polar surface area (TPSA) is 50.8 Å². The highest BCUT2D eigenvalue weighted by molar-refractivity contribution is 6.22. The number of hydrogen-bond acceptors (Lipinski definition) is 3. The Morgan fingerprint density at radius 3 is 2.70 bits per heavy atom. The van der Waals surface area contributed by atoms with Crippen molar-refractivity contribution in [1.29, 1.82) is 0 Å². The van der Waals surface area contributed by atoms with Gasteiger partial charge < -0.3 is 9.72 Å². The fraction of sp³-hybridized carbons (Fsp3) is 0.200. The van der Waals surface area contributed by atoms with Gasteiger partial charge in [-0.15, -0.1) is 11.6 Å². The largest absolute Gasteiger partial charge is 0.478 e. The summed E-state index contributed by atoms with van der Waals surface area (Å²) < 4.78 is 5.37. The zero-order chi connectivity index (χ0) is 13.9. The lowest BCUT2D eigenvalue weighted by Gasteiger charge is -2.05. The van der Waals surface area contributed by atoms with E-state index in [0.717, 1.165) is 11.1 Å². The van der Waals surface area contributed by atoms with E-state index in [1.54, 1.807) is 0 Å². The van der Waals surface area contributed by atoms with Gasteiger partial charge in [-0.25, -0.2) is 4.98 Å². The summed E-state index contributed by atoms with van der Waals surface area (Å²) >= 11 is 6.45. The van der Waals surface area contributed by atoms with E-state index in [4.69, 9.17) is 16.3 Å². The van der Waals surface area contributed by atoms with Crippen LogP contribution in [0.3, 0.4) is 0 Å². The minimum atomic E-state index is -0.319. The van der Waals surface area contributed by atoms with Gasteiger partial charge in [0.2, 0.25) is 5.88 Å². The van der Waals surface area contributed by atoms with Gasteiger partial charge in [0.1, 0.15) is 11.2 Å². The molecule has 4 nitrogen and oxygen atoms in total. The molecule has 20 heavy (non-hydrogen) atoms. The molecule has 0 spiro atoms. The van der Waals surface area contributed by atoms with Crippen molar-refractivity contribution >= 4 is 22.8 Å². The number of pyridine rings is 1. The van der Waals surface area contributed by atoms with Crippen molar-refractivity contribution < 1.29 is 4.74 Å². The Balaban J connectivity index is 1.96. The number of H-pyrrole nitrogens is 1. The third-order valence-corrected chi connectivity index (χ3v) is 3.42. The second-order valence-electron chi connectivity index (χ2n) is 4.35. The molecular weight excluding hydrogens is 274 g/mol. The third-order valence-electron chi connectivity index (χ3n) is 2.96. The summed E-state index contributed by atoms with van der Waals surface area (Å²) in [6.45, 7) is 2.50. The van der Waals surface area contributed by atoms with Crippen LogP contribution in [0.4, 0.5) is 0 Å². The molecule has 1 unspecified atom stereocenters. The lowest BCUT2D eigenvalue weighted by Crippen LogP contribution is -1.95. The molecule has 0 amide bonds. The first-order chi connectivity index (χ1) is 9.78. The van der Waals surface area contributed by atoms with E-state index in [2.05, 4.69) is 15.0 Å². The maximum Gasteiger partial charge on any atom is 0.215 e. The van der Waals surface area contributed by atoms with Crippen molar-refractivity contribution in [3.05, 3.63) is 53.9 Å². The van der Waals surface area contributed by atoms with Crippen LogP contribution in [0.5, 0.6) is 5.88 Å². The van der Waals surface area contributed by atoms with E-state index >= 15 is 0 Å². The average Bonchev–Trinajstić information content (AvgIpc) is 2.91. The second-order valence-corrected chi connectivity index (χ2v) is 4.79. The Bertz CT molecular complexity index is 711. The monoisotopic (exact) mass is 287 g/mol. The molecule has 0 aliphatic carbocycles. The molecule has 0 bridgehead atoms. The maximum absolute atomic E-state index is 6.45. The molecule has 2 aromatic heterocycles. The Hall–Kier alpha value is -2.07. The van der Waals surface area contributed by atoms with Crippen LogP contribution in [-0.2, 0) is 0 Å². The van der Waals surface area contributed by atoms with Crippen molar-refractivity contribution in [2.24, 2.45) is 0 Å². The molecule has 1 aromatic carbocycles. The first-order valence-corrected chi connectivity index (χ1v) is 6.90. The number of aromatic nitrogens is 3. The van der Waals surface area contributed by atoms with Crippen LogP contribution in [0, 0.1) is 0 Å². The molecule has 2 heterocycles. The van der Waals surface area contributed by atoms with Crippen LogP contribution in [0.1, 0.15) is 23.7 Å². The van der Waals surface area contributed by atoms with Crippen LogP contribution in [0.15, 0.2) is 42.5 Å². The van der Waals surface area contributed by atoms with Gasteiger partial charge in [-0.3, -0.25) is 0 Å². The van der Waals surface area contributed by atoms with Crippen molar-refractivity contribution in [3.63, 3.8) is 0 Å². The molecule has 102 valence electrons. The Labute approximate surface area is 121 Å². The summed E-state index contributed by atoms with van der Waals surface area (Å²) in [5.41, 5.74) is 2.47. The van der Waals surface area contributed by atoms with Crippen molar-refractivity contribution in [3.8, 4) is 5.88 Å². The van der Waals surface area contributed by atoms with Crippen LogP contribution >= 0.6 is 11.6 Å². The molecular formula is C15H14ClN3O. The summed E-state index contributed by atoms with van der Waals surface area (Å²) in [6, 6.07) is 13.5. The van der Waals surface area contributed by atoms with Crippen LogP contribution in [-0.4, -0.2) is 21.6 Å². The van der Waals surface area contributed by atoms with E-state index in [-0.39, 0.29) is 5.38 Å². The van der Waals surface area contributed by atoms with Crippen molar-refractivity contribution in [1.82, 2.24) is 15.0 Å². The van der Waals surface area contributed by atoms with Gasteiger partial charge in [0, 0.05) is 6.07 Å². The maximum atomic E-state index is 6.45. The smallest absolute Gasteiger partial charge is 0.215 e. The normalized spacial score (nSPS) is 12.5. The number of alkyl halides is 1. The lowest BCUT2D eigenvalue weighted by molar-refractivity contribution is 0.328. The van der Waals surface area contributed by atoms with Gasteiger partial charge in [0.05, 0.1) is 12.1 Å². The summed E-state index contributed by atoms with van der Waals surface area (Å²) in [5.74, 6) is 1.26. The number of nitrogens with zero attached hydrogens (tertiary/aromatic N) is 2. The van der Waals surface area contributed by atoms with E-state index in [9.17, 15) is 0 Å². The molecule has 0 radical (unpaired) electrons. The van der Waals surface area contributed by atoms with Gasteiger partial charge in [-0.05, 0) is 18.6 Å². The van der Waals surface area contributed by atoms with Gasteiger partial charge >= 0.3 is 0 Å². The summed E-state index contributed by atoms with van der Waals surface area (Å²) in [6.07, 6.45) is 0. The molecule has 0 saturated carbocycles. The van der Waals surface area contributed by atoms with E-state index in [1.807, 2.05) is 49.4 Å². The lowest BCUT2D eigenvalue weighted by atomic mass is 10.1. The number of halogens is 1. The number of aromatic amines is 1. The summed E-state index contributed by atoms with van der Waals surface area (Å²) in [7, 11) is 0. The summed E-state index contributed by atoms with van der Waals surface area (Å²) in [4.78, 5) is 12.0. The number of imidazole rings is 1. The standard InChI is InChI=1S/C15H14ClN3O/c1-2-20-12-9-8-11-14(18-12)19-15(17-11)13(16)10-6-4-3-5-7-10/h3-9,13H,2H2,1H3,(H,17,18,19). The number of hydrogen-bond donors (Lipinski definition) is 1. The second kappa shape index (κ2) is 5.51. The first kappa shape index (κ1) is 12.9. The molecule has 0 aliphatic rings. The highest BCUT2D eigenvalue weighted by Gasteiger charge is 2.15. The Morgan fingerprint density at radius 1 is 1.15 bits per heavy atom. The predicted molar refractivity (Wildman–Crippen MR) is 79.2 cm³/mol. The number of ether oxygens (including phenoxy) is 1. The SMILES string of the molecule is CCOc1ccc2[nH]c(C(Cl)c3ccccc3)nc2n1. The molecule has 1 atom stereocenters. The zero-order valence-corrected chi connectivity index (χ0v) is 11.8. The highest BCUT2D eigenvalue weighted by atomic mass is 35.5. The minimum Gasteiger partial charge on any atom is -0.478 e. The molecule has 3 rings (SSSR count). The molecule has 3 aromatic rings. The van der Waals surface area contributed by atoms with Crippen molar-refractivity contribution in [2.75, 3.05) is 6.61 Å². The van der Waals surface area contributed by atoms with Crippen molar-refractivity contribution in [2.45, 2.75) is 12.3 Å². The quantitative estimate of drug-likeness (QED) is 0.745. The van der Waals surface area contributed by atoms with Crippen LogP contribution in [0.25, 0.3) is 11.2 Å². The van der Waals surface area contributed by atoms with Gasteiger partial charge in [-0.2, -0.15) is 4.98 Å². The number of fused-ring (bicyclic) bond motifs is 1. The molecule has 0 aliphatic heterocycles. The molecule has 5 heteroatoms. The molecule has 0 saturated heterocycles. The average molecular weight is 288 g/mol. The number of rotatable bonds is 4. The van der Waals surface area contributed by atoms with Crippen LogP contribution < -0.4 is 4.74 Å². The third kappa shape index (κ3) is 2.47. The minimum absolute atomic E-state index is 0.319. The van der Waals surface area contributed by atoms with Gasteiger partial charge in [0.15, 0.2) is 5.65 Å². The predicted octanol–water partition coefficient (Wildman–Crippen LogP) is 3.68. The zero-order valence-electron chi connectivity index (χ0n) is 11.0. The molecule has 0 fully saturated rings. The first-order valence-electron chi connectivity index (χ1n) is 6.46. The molecule has 1 N–H and O–H groups in total. The van der Waals surface area contributed by atoms with E-state index in [0.29, 0.717) is 24.0 Å². The number of nitrogens with one attached hydrogen (secondary N) is 1. The summed E-state index contributed by atoms with van der Waals surface area (Å²) in [5, 5.41) is -0.319. The van der Waals surface area contributed by atoms with Gasteiger partial charge in [0.25, 0.3) is 0 Å². The van der Waals surface area contributed by atoms with Gasteiger partial charge in [-0.1, -0.05) is 30.3 Å². The fourth-order valence-electron chi connectivity index (χ4n) is 2.02. The fourth-order valence-corrected chi connectivity index (χ4v) is 2.27.